The van der Waals surface area contributed by atoms with E-state index in [1.807, 2.05) is 0 Å². The van der Waals surface area contributed by atoms with E-state index in [0.717, 1.165) is 0 Å². The smallest absolute Gasteiger partial charge is 0.407 e. The lowest BCUT2D eigenvalue weighted by Crippen LogP contribution is -2.35. The number of nitrogens with one attached hydrogen (secondary N) is 1. The minimum atomic E-state index is -4.36. The summed E-state index contributed by atoms with van der Waals surface area (Å²) in [4.78, 5) is 0. The maximum absolute atomic E-state index is 13.1. The minimum absolute atomic E-state index is 0.188. The molecule has 19 heavy (non-hydrogen) atoms. The van der Waals surface area contributed by atoms with Gasteiger partial charge in [-0.05, 0) is 24.6 Å². The first-order valence-corrected chi connectivity index (χ1v) is 5.89. The molecule has 1 heterocycles. The van der Waals surface area contributed by atoms with Crippen molar-refractivity contribution in [1.29, 1.82) is 0 Å². The molecule has 0 spiro atoms. The van der Waals surface area contributed by atoms with Gasteiger partial charge in [0, 0.05) is 0 Å². The Labute approximate surface area is 109 Å². The molecule has 0 saturated heterocycles. The lowest BCUT2D eigenvalue weighted by Gasteiger charge is -2.25. The maximum Gasteiger partial charge on any atom is 0.407 e. The van der Waals surface area contributed by atoms with Gasteiger partial charge < -0.3 is 4.42 Å². The SMILES string of the molecule is C[C@@H](NC(c1ccccc1)C(F)(F)F)c1ccco1. The first-order chi connectivity index (χ1) is 8.98. The van der Waals surface area contributed by atoms with Gasteiger partial charge in [-0.3, -0.25) is 5.32 Å². The standard InChI is InChI=1S/C14H14F3NO/c1-10(12-8-5-9-19-12)18-13(14(15,16)17)11-6-3-2-4-7-11/h2-10,13,18H,1H3/t10-,13?/m1/s1. The Morgan fingerprint density at radius 3 is 2.26 bits per heavy atom. The summed E-state index contributed by atoms with van der Waals surface area (Å²) in [6, 6.07) is 8.85. The van der Waals surface area contributed by atoms with Crippen molar-refractivity contribution in [1.82, 2.24) is 5.32 Å². The average Bonchev–Trinajstić information content (AvgIpc) is 2.89. The van der Waals surface area contributed by atoms with E-state index in [-0.39, 0.29) is 5.56 Å². The Balaban J connectivity index is 2.20. The molecule has 1 aromatic carbocycles. The van der Waals surface area contributed by atoms with E-state index >= 15 is 0 Å². The third-order valence-electron chi connectivity index (χ3n) is 2.85. The third kappa shape index (κ3) is 3.38. The van der Waals surface area contributed by atoms with Crippen LogP contribution in [0.15, 0.2) is 53.1 Å². The van der Waals surface area contributed by atoms with Gasteiger partial charge in [-0.15, -0.1) is 0 Å². The monoisotopic (exact) mass is 269 g/mol. The van der Waals surface area contributed by atoms with Crippen LogP contribution >= 0.6 is 0 Å². The molecule has 0 amide bonds. The fourth-order valence-electron chi connectivity index (χ4n) is 1.89. The maximum atomic E-state index is 13.1. The van der Waals surface area contributed by atoms with E-state index in [1.165, 1.54) is 18.4 Å². The Morgan fingerprint density at radius 1 is 1.05 bits per heavy atom. The molecule has 102 valence electrons. The van der Waals surface area contributed by atoms with Crippen LogP contribution in [0, 0.1) is 0 Å². The number of rotatable bonds is 4. The fraction of sp³-hybridized carbons (Fsp3) is 0.286. The number of hydrogen-bond acceptors (Lipinski definition) is 2. The summed E-state index contributed by atoms with van der Waals surface area (Å²) in [6.45, 7) is 1.64. The molecule has 0 aliphatic rings. The Kier molecular flexibility index (Phi) is 3.95. The molecule has 0 saturated carbocycles. The van der Waals surface area contributed by atoms with Gasteiger partial charge in [0.2, 0.25) is 0 Å². The quantitative estimate of drug-likeness (QED) is 0.898. The van der Waals surface area contributed by atoms with Crippen LogP contribution in [0.25, 0.3) is 0 Å². The second kappa shape index (κ2) is 5.48. The van der Waals surface area contributed by atoms with Crippen LogP contribution in [-0.2, 0) is 0 Å². The Morgan fingerprint density at radius 2 is 1.74 bits per heavy atom. The molecule has 0 aliphatic carbocycles. The van der Waals surface area contributed by atoms with Crippen molar-refractivity contribution in [3.8, 4) is 0 Å². The number of halogens is 3. The molecule has 2 rings (SSSR count). The third-order valence-corrected chi connectivity index (χ3v) is 2.85. The normalized spacial score (nSPS) is 15.2. The molecule has 2 aromatic rings. The zero-order valence-corrected chi connectivity index (χ0v) is 10.3. The summed E-state index contributed by atoms with van der Waals surface area (Å²) in [7, 11) is 0. The highest BCUT2D eigenvalue weighted by atomic mass is 19.4. The molecule has 2 atom stereocenters. The van der Waals surface area contributed by atoms with Crippen LogP contribution in [0.2, 0.25) is 0 Å². The predicted octanol–water partition coefficient (Wildman–Crippen LogP) is 4.23. The molecule has 0 bridgehead atoms. The van der Waals surface area contributed by atoms with Gasteiger partial charge in [0.25, 0.3) is 0 Å². The summed E-state index contributed by atoms with van der Waals surface area (Å²) in [5.41, 5.74) is 0.188. The van der Waals surface area contributed by atoms with E-state index in [9.17, 15) is 13.2 Å². The highest BCUT2D eigenvalue weighted by molar-refractivity contribution is 5.21. The van der Waals surface area contributed by atoms with Gasteiger partial charge in [0.05, 0.1) is 12.3 Å². The van der Waals surface area contributed by atoms with Gasteiger partial charge in [0.1, 0.15) is 11.8 Å². The first kappa shape index (κ1) is 13.7. The lowest BCUT2D eigenvalue weighted by atomic mass is 10.1. The molecule has 5 heteroatoms. The summed E-state index contributed by atoms with van der Waals surface area (Å²) in [5.74, 6) is 0.477. The molecule has 1 unspecified atom stereocenters. The van der Waals surface area contributed by atoms with E-state index in [0.29, 0.717) is 5.76 Å². The second-order valence-corrected chi connectivity index (χ2v) is 4.29. The number of benzene rings is 1. The van der Waals surface area contributed by atoms with E-state index in [2.05, 4.69) is 5.32 Å². The lowest BCUT2D eigenvalue weighted by molar-refractivity contribution is -0.159. The van der Waals surface area contributed by atoms with Gasteiger partial charge in [-0.1, -0.05) is 30.3 Å². The van der Waals surface area contributed by atoms with Crippen LogP contribution in [-0.4, -0.2) is 6.18 Å². The van der Waals surface area contributed by atoms with E-state index in [1.54, 1.807) is 37.3 Å². The van der Waals surface area contributed by atoms with Crippen molar-refractivity contribution < 1.29 is 17.6 Å². The fourth-order valence-corrected chi connectivity index (χ4v) is 1.89. The number of alkyl halides is 3. The zero-order valence-electron chi connectivity index (χ0n) is 10.3. The first-order valence-electron chi connectivity index (χ1n) is 5.89. The summed E-state index contributed by atoms with van der Waals surface area (Å²) >= 11 is 0. The Hall–Kier alpha value is -1.75. The largest absolute Gasteiger partial charge is 0.468 e. The van der Waals surface area contributed by atoms with Crippen LogP contribution < -0.4 is 5.32 Å². The molecule has 0 fully saturated rings. The van der Waals surface area contributed by atoms with Crippen LogP contribution in [0.1, 0.15) is 30.3 Å². The van der Waals surface area contributed by atoms with Gasteiger partial charge in [-0.25, -0.2) is 0 Å². The van der Waals surface area contributed by atoms with Crippen LogP contribution in [0.4, 0.5) is 13.2 Å². The van der Waals surface area contributed by atoms with Crippen LogP contribution in [0.5, 0.6) is 0 Å². The molecule has 0 radical (unpaired) electrons. The summed E-state index contributed by atoms with van der Waals surface area (Å²) < 4.78 is 44.5. The summed E-state index contributed by atoms with van der Waals surface area (Å²) in [5, 5.41) is 2.56. The number of hydrogen-bond donors (Lipinski definition) is 1. The molecule has 1 aromatic heterocycles. The molecule has 0 aliphatic heterocycles. The Bertz CT molecular complexity index is 493. The van der Waals surface area contributed by atoms with E-state index in [4.69, 9.17) is 4.42 Å². The van der Waals surface area contributed by atoms with Crippen molar-refractivity contribution in [2.24, 2.45) is 0 Å². The number of furan rings is 1. The summed E-state index contributed by atoms with van der Waals surface area (Å²) in [6.07, 6.45) is -2.92. The second-order valence-electron chi connectivity index (χ2n) is 4.29. The van der Waals surface area contributed by atoms with Gasteiger partial charge >= 0.3 is 6.18 Å². The van der Waals surface area contributed by atoms with Crippen molar-refractivity contribution >= 4 is 0 Å². The van der Waals surface area contributed by atoms with Gasteiger partial charge in [0.15, 0.2) is 0 Å². The molecule has 2 nitrogen and oxygen atoms in total. The highest BCUT2D eigenvalue weighted by Gasteiger charge is 2.41. The van der Waals surface area contributed by atoms with Gasteiger partial charge in [-0.2, -0.15) is 13.2 Å². The molecular formula is C14H14F3NO. The van der Waals surface area contributed by atoms with Crippen molar-refractivity contribution in [3.63, 3.8) is 0 Å². The van der Waals surface area contributed by atoms with Crippen molar-refractivity contribution in [2.75, 3.05) is 0 Å². The predicted molar refractivity (Wildman–Crippen MR) is 65.5 cm³/mol. The van der Waals surface area contributed by atoms with Crippen LogP contribution in [0.3, 0.4) is 0 Å². The van der Waals surface area contributed by atoms with Crippen molar-refractivity contribution in [2.45, 2.75) is 25.2 Å². The average molecular weight is 269 g/mol. The molecule has 1 N–H and O–H groups in total. The van der Waals surface area contributed by atoms with E-state index < -0.39 is 18.3 Å². The molecular weight excluding hydrogens is 255 g/mol. The minimum Gasteiger partial charge on any atom is -0.468 e. The zero-order chi connectivity index (χ0) is 13.9. The van der Waals surface area contributed by atoms with Crippen molar-refractivity contribution in [3.05, 3.63) is 60.1 Å². The highest BCUT2D eigenvalue weighted by Crippen LogP contribution is 2.34. The topological polar surface area (TPSA) is 25.2 Å².